The molecule has 0 unspecified atom stereocenters. The standard InChI is InChI=1S/C18H18F4N4O3/c19-6-18(7-20,8-21)26-5-12(17(28)29)14(27)11-2-13(22)16(24-15(11)26)25-4-9-1-10(25)3-23-9/h2,5,9-10,23H,1,3-4,6-8H2,(H,28,29)/t9-,10-/m1/s1. The highest BCUT2D eigenvalue weighted by molar-refractivity contribution is 5.92. The molecule has 2 fully saturated rings. The lowest BCUT2D eigenvalue weighted by Gasteiger charge is -2.31. The molecule has 2 atom stereocenters. The Labute approximate surface area is 161 Å². The number of nitrogens with one attached hydrogen (secondary N) is 1. The summed E-state index contributed by atoms with van der Waals surface area (Å²) in [6.45, 7) is -3.47. The molecular weight excluding hydrogens is 396 g/mol. The molecule has 2 bridgehead atoms. The predicted molar refractivity (Wildman–Crippen MR) is 96.4 cm³/mol. The van der Waals surface area contributed by atoms with Crippen LogP contribution in [0.5, 0.6) is 0 Å². The van der Waals surface area contributed by atoms with Gasteiger partial charge in [-0.2, -0.15) is 0 Å². The predicted octanol–water partition coefficient (Wildman–Crippen LogP) is 1.39. The lowest BCUT2D eigenvalue weighted by molar-refractivity contribution is 0.0691. The van der Waals surface area contributed by atoms with E-state index in [1.807, 2.05) is 0 Å². The molecule has 29 heavy (non-hydrogen) atoms. The molecule has 0 radical (unpaired) electrons. The lowest BCUT2D eigenvalue weighted by Crippen LogP contribution is -2.45. The summed E-state index contributed by atoms with van der Waals surface area (Å²) in [5.41, 5.74) is -4.67. The molecule has 2 aliphatic heterocycles. The Bertz CT molecular complexity index is 1030. The second kappa shape index (κ2) is 6.97. The van der Waals surface area contributed by atoms with E-state index in [1.54, 1.807) is 4.90 Å². The van der Waals surface area contributed by atoms with Gasteiger partial charge in [-0.15, -0.1) is 0 Å². The molecule has 2 saturated heterocycles. The third-order valence-electron chi connectivity index (χ3n) is 5.73. The summed E-state index contributed by atoms with van der Waals surface area (Å²) in [4.78, 5) is 29.8. The Balaban J connectivity index is 2.01. The smallest absolute Gasteiger partial charge is 0.341 e. The summed E-state index contributed by atoms with van der Waals surface area (Å²) in [6, 6.07) is 0.920. The molecule has 0 aliphatic carbocycles. The average Bonchev–Trinajstić information content (AvgIpc) is 3.34. The van der Waals surface area contributed by atoms with Gasteiger partial charge < -0.3 is 19.9 Å². The summed E-state index contributed by atoms with van der Waals surface area (Å²) in [7, 11) is 0. The second-order valence-electron chi connectivity index (χ2n) is 7.48. The number of fused-ring (bicyclic) bond motifs is 3. The van der Waals surface area contributed by atoms with Crippen molar-refractivity contribution in [3.63, 3.8) is 0 Å². The van der Waals surface area contributed by atoms with Gasteiger partial charge in [-0.25, -0.2) is 27.3 Å². The first-order valence-electron chi connectivity index (χ1n) is 9.03. The number of halogens is 4. The SMILES string of the molecule is O=C(O)c1cn(C(CF)(CF)CF)c2nc(N3C[C@H]4C[C@@H]3CN4)c(F)cc2c1=O. The normalized spacial score (nSPS) is 21.3. The summed E-state index contributed by atoms with van der Waals surface area (Å²) in [5.74, 6) is -2.65. The maximum Gasteiger partial charge on any atom is 0.341 e. The molecular formula is C18H18F4N4O3. The van der Waals surface area contributed by atoms with Gasteiger partial charge in [-0.1, -0.05) is 0 Å². The molecule has 156 valence electrons. The van der Waals surface area contributed by atoms with Crippen LogP contribution in [0.15, 0.2) is 17.1 Å². The highest BCUT2D eigenvalue weighted by Crippen LogP contribution is 2.32. The highest BCUT2D eigenvalue weighted by Gasteiger charge is 2.40. The van der Waals surface area contributed by atoms with Crippen LogP contribution >= 0.6 is 0 Å². The zero-order valence-corrected chi connectivity index (χ0v) is 15.2. The molecule has 2 N–H and O–H groups in total. The average molecular weight is 414 g/mol. The van der Waals surface area contributed by atoms with E-state index in [9.17, 15) is 32.3 Å². The molecule has 2 aromatic heterocycles. The monoisotopic (exact) mass is 414 g/mol. The number of carboxylic acids is 1. The van der Waals surface area contributed by atoms with Crippen molar-refractivity contribution in [1.29, 1.82) is 0 Å². The lowest BCUT2D eigenvalue weighted by atomic mass is 10.0. The van der Waals surface area contributed by atoms with Gasteiger partial charge in [-0.3, -0.25) is 4.79 Å². The minimum atomic E-state index is -2.40. The molecule has 2 aliphatic rings. The van der Waals surface area contributed by atoms with Crippen LogP contribution < -0.4 is 15.6 Å². The van der Waals surface area contributed by atoms with E-state index in [0.717, 1.165) is 12.5 Å². The van der Waals surface area contributed by atoms with Crippen LogP contribution in [-0.4, -0.2) is 65.8 Å². The number of hydrogen-bond donors (Lipinski definition) is 2. The van der Waals surface area contributed by atoms with Crippen LogP contribution in [0.4, 0.5) is 23.4 Å². The molecule has 0 aromatic carbocycles. The van der Waals surface area contributed by atoms with E-state index in [2.05, 4.69) is 10.3 Å². The van der Waals surface area contributed by atoms with Crippen LogP contribution in [0.3, 0.4) is 0 Å². The van der Waals surface area contributed by atoms with E-state index in [-0.39, 0.29) is 23.5 Å². The Morgan fingerprint density at radius 3 is 2.52 bits per heavy atom. The fourth-order valence-corrected chi connectivity index (χ4v) is 4.05. The molecule has 11 heteroatoms. The second-order valence-corrected chi connectivity index (χ2v) is 7.48. The zero-order chi connectivity index (χ0) is 20.9. The van der Waals surface area contributed by atoms with Gasteiger partial charge >= 0.3 is 5.97 Å². The van der Waals surface area contributed by atoms with Gasteiger partial charge in [0.05, 0.1) is 5.39 Å². The number of aromatic nitrogens is 2. The third-order valence-corrected chi connectivity index (χ3v) is 5.73. The van der Waals surface area contributed by atoms with Gasteiger partial charge in [0.1, 0.15) is 36.8 Å². The Hall–Kier alpha value is -2.69. The summed E-state index contributed by atoms with van der Waals surface area (Å²) >= 11 is 0. The Morgan fingerprint density at radius 2 is 2.00 bits per heavy atom. The molecule has 0 spiro atoms. The van der Waals surface area contributed by atoms with E-state index in [4.69, 9.17) is 0 Å². The number of hydrogen-bond acceptors (Lipinski definition) is 5. The van der Waals surface area contributed by atoms with Crippen LogP contribution in [0, 0.1) is 5.82 Å². The molecule has 4 heterocycles. The van der Waals surface area contributed by atoms with E-state index in [0.29, 0.717) is 23.9 Å². The van der Waals surface area contributed by atoms with Crippen molar-refractivity contribution >= 4 is 22.8 Å². The van der Waals surface area contributed by atoms with Crippen molar-refractivity contribution in [3.05, 3.63) is 33.9 Å². The van der Waals surface area contributed by atoms with Crippen molar-refractivity contribution in [2.24, 2.45) is 0 Å². The number of pyridine rings is 2. The number of aromatic carboxylic acids is 1. The summed E-state index contributed by atoms with van der Waals surface area (Å²) in [6.07, 6.45) is 1.45. The third kappa shape index (κ3) is 2.86. The maximum absolute atomic E-state index is 14.8. The minimum absolute atomic E-state index is 0.0359. The van der Waals surface area contributed by atoms with Crippen molar-refractivity contribution in [3.8, 4) is 0 Å². The number of carbonyl (C=O) groups is 1. The van der Waals surface area contributed by atoms with Crippen LogP contribution in [-0.2, 0) is 5.54 Å². The first-order valence-corrected chi connectivity index (χ1v) is 9.03. The molecule has 0 saturated carbocycles. The Morgan fingerprint density at radius 1 is 1.31 bits per heavy atom. The number of anilines is 1. The fraction of sp³-hybridized carbons (Fsp3) is 0.500. The zero-order valence-electron chi connectivity index (χ0n) is 15.2. The van der Waals surface area contributed by atoms with E-state index >= 15 is 0 Å². The molecule has 4 rings (SSSR count). The van der Waals surface area contributed by atoms with Crippen molar-refractivity contribution in [2.75, 3.05) is 38.0 Å². The molecule has 7 nitrogen and oxygen atoms in total. The molecule has 0 amide bonds. The van der Waals surface area contributed by atoms with Gasteiger partial charge in [0.2, 0.25) is 5.43 Å². The Kier molecular flexibility index (Phi) is 4.72. The fourth-order valence-electron chi connectivity index (χ4n) is 4.05. The largest absolute Gasteiger partial charge is 0.477 e. The van der Waals surface area contributed by atoms with Gasteiger partial charge in [0.25, 0.3) is 0 Å². The van der Waals surface area contributed by atoms with Gasteiger partial charge in [0, 0.05) is 31.4 Å². The summed E-state index contributed by atoms with van der Waals surface area (Å²) in [5, 5.41) is 12.0. The summed E-state index contributed by atoms with van der Waals surface area (Å²) < 4.78 is 56.7. The van der Waals surface area contributed by atoms with Crippen LogP contribution in [0.1, 0.15) is 16.8 Å². The first-order chi connectivity index (χ1) is 13.8. The van der Waals surface area contributed by atoms with Crippen molar-refractivity contribution < 1.29 is 27.5 Å². The van der Waals surface area contributed by atoms with E-state index in [1.165, 1.54) is 0 Å². The molecule has 2 aromatic rings. The first kappa shape index (κ1) is 19.6. The number of alkyl halides is 3. The topological polar surface area (TPSA) is 87.5 Å². The number of rotatable bonds is 6. The van der Waals surface area contributed by atoms with Crippen molar-refractivity contribution in [2.45, 2.75) is 24.0 Å². The highest BCUT2D eigenvalue weighted by atomic mass is 19.2. The maximum atomic E-state index is 14.8. The van der Waals surface area contributed by atoms with E-state index < -0.39 is 53.7 Å². The number of nitrogens with zero attached hydrogens (tertiary/aromatic N) is 3. The van der Waals surface area contributed by atoms with Crippen LogP contribution in [0.2, 0.25) is 0 Å². The van der Waals surface area contributed by atoms with Gasteiger partial charge in [-0.05, 0) is 12.5 Å². The van der Waals surface area contributed by atoms with Gasteiger partial charge in [0.15, 0.2) is 11.6 Å². The minimum Gasteiger partial charge on any atom is -0.477 e. The van der Waals surface area contributed by atoms with Crippen LogP contribution in [0.25, 0.3) is 11.0 Å². The number of piperazine rings is 1. The number of carboxylic acid groups (broad SMARTS) is 1. The quantitative estimate of drug-likeness (QED) is 0.695. The van der Waals surface area contributed by atoms with Crippen molar-refractivity contribution in [1.82, 2.24) is 14.9 Å².